The summed E-state index contributed by atoms with van der Waals surface area (Å²) in [6.45, 7) is 7.89. The van der Waals surface area contributed by atoms with E-state index in [1.165, 1.54) is 24.1 Å². The van der Waals surface area contributed by atoms with Crippen LogP contribution >= 0.6 is 0 Å². The zero-order valence-electron chi connectivity index (χ0n) is 14.3. The van der Waals surface area contributed by atoms with Crippen molar-refractivity contribution in [2.75, 3.05) is 31.1 Å². The number of anilines is 1. The van der Waals surface area contributed by atoms with E-state index in [0.717, 1.165) is 32.7 Å². The lowest BCUT2D eigenvalue weighted by molar-refractivity contribution is 0.101. The van der Waals surface area contributed by atoms with Gasteiger partial charge in [-0.25, -0.2) is 4.39 Å². The Morgan fingerprint density at radius 3 is 2.46 bits per heavy atom. The van der Waals surface area contributed by atoms with Crippen molar-refractivity contribution >= 4 is 11.5 Å². The van der Waals surface area contributed by atoms with Crippen LogP contribution in [-0.2, 0) is 6.54 Å². The molecule has 3 rings (SSSR count). The number of hydrogen-bond donors (Lipinski definition) is 0. The van der Waals surface area contributed by atoms with Crippen molar-refractivity contribution in [2.45, 2.75) is 20.4 Å². The quantitative estimate of drug-likeness (QED) is 0.801. The monoisotopic (exact) mass is 326 g/mol. The van der Waals surface area contributed by atoms with Gasteiger partial charge in [0.25, 0.3) is 0 Å². The second kappa shape index (κ2) is 7.14. The van der Waals surface area contributed by atoms with E-state index in [0.29, 0.717) is 11.3 Å². The number of carbonyl (C=O) groups excluding carboxylic acids is 1. The molecule has 1 aliphatic rings. The molecule has 0 radical (unpaired) electrons. The zero-order chi connectivity index (χ0) is 17.1. The Labute approximate surface area is 142 Å². The fourth-order valence-electron chi connectivity index (χ4n) is 3.20. The molecule has 1 aliphatic heterocycles. The average Bonchev–Trinajstić information content (AvgIpc) is 2.55. The molecule has 0 aromatic heterocycles. The van der Waals surface area contributed by atoms with Gasteiger partial charge in [0.15, 0.2) is 5.78 Å². The van der Waals surface area contributed by atoms with Crippen molar-refractivity contribution < 1.29 is 9.18 Å². The number of halogens is 1. The third kappa shape index (κ3) is 3.82. The summed E-state index contributed by atoms with van der Waals surface area (Å²) in [6.07, 6.45) is 0. The zero-order valence-corrected chi connectivity index (χ0v) is 14.3. The lowest BCUT2D eigenvalue weighted by Crippen LogP contribution is -2.46. The van der Waals surface area contributed by atoms with Crippen molar-refractivity contribution in [3.05, 3.63) is 65.0 Å². The van der Waals surface area contributed by atoms with Gasteiger partial charge in [0, 0.05) is 38.3 Å². The molecule has 0 amide bonds. The van der Waals surface area contributed by atoms with Gasteiger partial charge in [-0.2, -0.15) is 0 Å². The number of benzene rings is 2. The maximum absolute atomic E-state index is 14.3. The van der Waals surface area contributed by atoms with Crippen LogP contribution in [-0.4, -0.2) is 36.9 Å². The van der Waals surface area contributed by atoms with Crippen LogP contribution < -0.4 is 4.90 Å². The van der Waals surface area contributed by atoms with Gasteiger partial charge >= 0.3 is 0 Å². The molecule has 1 heterocycles. The summed E-state index contributed by atoms with van der Waals surface area (Å²) in [5.41, 5.74) is 3.61. The minimum atomic E-state index is -0.310. The minimum absolute atomic E-state index is 0.108. The summed E-state index contributed by atoms with van der Waals surface area (Å²) in [5.74, 6) is -0.418. The van der Waals surface area contributed by atoms with Gasteiger partial charge < -0.3 is 4.90 Å². The molecule has 4 heteroatoms. The van der Waals surface area contributed by atoms with Crippen molar-refractivity contribution in [3.63, 3.8) is 0 Å². The first-order chi connectivity index (χ1) is 11.5. The SMILES string of the molecule is CC(=O)c1ccc(N2CCN(Cc3cccc(C)c3)CC2)c(F)c1. The van der Waals surface area contributed by atoms with Crippen LogP contribution in [0.15, 0.2) is 42.5 Å². The van der Waals surface area contributed by atoms with E-state index < -0.39 is 0 Å². The van der Waals surface area contributed by atoms with E-state index in [-0.39, 0.29) is 11.6 Å². The highest BCUT2D eigenvalue weighted by Crippen LogP contribution is 2.22. The van der Waals surface area contributed by atoms with Crippen LogP contribution in [0.25, 0.3) is 0 Å². The number of rotatable bonds is 4. The van der Waals surface area contributed by atoms with Gasteiger partial charge in [-0.05, 0) is 37.6 Å². The highest BCUT2D eigenvalue weighted by molar-refractivity contribution is 5.94. The topological polar surface area (TPSA) is 23.6 Å². The Bertz CT molecular complexity index is 736. The Morgan fingerprint density at radius 2 is 1.83 bits per heavy atom. The highest BCUT2D eigenvalue weighted by Gasteiger charge is 2.20. The molecule has 0 unspecified atom stereocenters. The number of hydrogen-bond acceptors (Lipinski definition) is 3. The van der Waals surface area contributed by atoms with Crippen molar-refractivity contribution in [1.82, 2.24) is 4.90 Å². The molecule has 24 heavy (non-hydrogen) atoms. The molecule has 2 aromatic rings. The summed E-state index contributed by atoms with van der Waals surface area (Å²) in [5, 5.41) is 0. The number of ketones is 1. The van der Waals surface area contributed by atoms with E-state index in [9.17, 15) is 9.18 Å². The van der Waals surface area contributed by atoms with Crippen LogP contribution in [0.2, 0.25) is 0 Å². The predicted molar refractivity (Wildman–Crippen MR) is 95.1 cm³/mol. The molecule has 2 aromatic carbocycles. The maximum atomic E-state index is 14.3. The maximum Gasteiger partial charge on any atom is 0.159 e. The Kier molecular flexibility index (Phi) is 4.95. The number of Topliss-reactive ketones (excluding diaryl/α,β-unsaturated/α-hetero) is 1. The van der Waals surface area contributed by atoms with Crippen LogP contribution in [0.5, 0.6) is 0 Å². The van der Waals surface area contributed by atoms with Gasteiger partial charge in [-0.1, -0.05) is 29.8 Å². The van der Waals surface area contributed by atoms with Crippen molar-refractivity contribution in [3.8, 4) is 0 Å². The Morgan fingerprint density at radius 1 is 1.08 bits per heavy atom. The molecule has 0 aliphatic carbocycles. The molecule has 1 saturated heterocycles. The summed E-state index contributed by atoms with van der Waals surface area (Å²) < 4.78 is 14.3. The summed E-state index contributed by atoms with van der Waals surface area (Å²) in [6, 6.07) is 13.3. The lowest BCUT2D eigenvalue weighted by Gasteiger charge is -2.36. The predicted octanol–water partition coefficient (Wildman–Crippen LogP) is 3.66. The Hall–Kier alpha value is -2.20. The Balaban J connectivity index is 1.62. The number of piperazine rings is 1. The molecule has 3 nitrogen and oxygen atoms in total. The lowest BCUT2D eigenvalue weighted by atomic mass is 10.1. The summed E-state index contributed by atoms with van der Waals surface area (Å²) >= 11 is 0. The molecule has 0 bridgehead atoms. The van der Waals surface area contributed by atoms with E-state index in [1.54, 1.807) is 12.1 Å². The second-order valence-electron chi connectivity index (χ2n) is 6.47. The van der Waals surface area contributed by atoms with Gasteiger partial charge in [0.1, 0.15) is 5.82 Å². The molecule has 126 valence electrons. The molecular weight excluding hydrogens is 303 g/mol. The molecule has 0 saturated carbocycles. The van der Waals surface area contributed by atoms with Gasteiger partial charge in [0.2, 0.25) is 0 Å². The standard InChI is InChI=1S/C20H23FN2O/c1-15-4-3-5-17(12-15)14-22-8-10-23(11-9-22)20-7-6-18(16(2)24)13-19(20)21/h3-7,12-13H,8-11,14H2,1-2H3. The molecular formula is C20H23FN2O. The second-order valence-corrected chi connectivity index (χ2v) is 6.47. The molecule has 0 N–H and O–H groups in total. The molecule has 0 spiro atoms. The molecule has 0 atom stereocenters. The van der Waals surface area contributed by atoms with E-state index >= 15 is 0 Å². The van der Waals surface area contributed by atoms with Crippen LogP contribution in [0.4, 0.5) is 10.1 Å². The van der Waals surface area contributed by atoms with E-state index in [4.69, 9.17) is 0 Å². The van der Waals surface area contributed by atoms with E-state index in [1.807, 2.05) is 0 Å². The van der Waals surface area contributed by atoms with Crippen molar-refractivity contribution in [1.29, 1.82) is 0 Å². The third-order valence-corrected chi connectivity index (χ3v) is 4.56. The first-order valence-electron chi connectivity index (χ1n) is 8.36. The van der Waals surface area contributed by atoms with Gasteiger partial charge in [-0.3, -0.25) is 9.69 Å². The number of carbonyl (C=O) groups is 1. The largest absolute Gasteiger partial charge is 0.367 e. The highest BCUT2D eigenvalue weighted by atomic mass is 19.1. The van der Waals surface area contributed by atoms with E-state index in [2.05, 4.69) is 41.0 Å². The smallest absolute Gasteiger partial charge is 0.159 e. The third-order valence-electron chi connectivity index (χ3n) is 4.56. The van der Waals surface area contributed by atoms with Crippen LogP contribution in [0.1, 0.15) is 28.4 Å². The van der Waals surface area contributed by atoms with Crippen molar-refractivity contribution in [2.24, 2.45) is 0 Å². The normalized spacial score (nSPS) is 15.5. The van der Waals surface area contributed by atoms with Crippen LogP contribution in [0, 0.1) is 12.7 Å². The van der Waals surface area contributed by atoms with Gasteiger partial charge in [-0.15, -0.1) is 0 Å². The van der Waals surface area contributed by atoms with Gasteiger partial charge in [0.05, 0.1) is 5.69 Å². The van der Waals surface area contributed by atoms with Crippen LogP contribution in [0.3, 0.4) is 0 Å². The average molecular weight is 326 g/mol. The summed E-state index contributed by atoms with van der Waals surface area (Å²) in [7, 11) is 0. The number of aryl methyl sites for hydroxylation is 1. The minimum Gasteiger partial charge on any atom is -0.367 e. The summed E-state index contributed by atoms with van der Waals surface area (Å²) in [4.78, 5) is 15.8. The molecule has 1 fully saturated rings. The fourth-order valence-corrected chi connectivity index (χ4v) is 3.20. The fraction of sp³-hybridized carbons (Fsp3) is 0.350. The first kappa shape index (κ1) is 16.7. The first-order valence-corrected chi connectivity index (χ1v) is 8.36. The number of nitrogens with zero attached hydrogens (tertiary/aromatic N) is 2.